The van der Waals surface area contributed by atoms with Crippen LogP contribution in [0.5, 0.6) is 0 Å². The summed E-state index contributed by atoms with van der Waals surface area (Å²) in [7, 11) is 0. The zero-order valence-electron chi connectivity index (χ0n) is 11.6. The zero-order chi connectivity index (χ0) is 16.8. The molecule has 1 aliphatic heterocycles. The van der Waals surface area contributed by atoms with E-state index < -0.39 is 23.7 Å². The van der Waals surface area contributed by atoms with Crippen LogP contribution >= 0.6 is 0 Å². The van der Waals surface area contributed by atoms with Crippen LogP contribution in [-0.4, -0.2) is 35.2 Å². The van der Waals surface area contributed by atoms with Crippen molar-refractivity contribution in [2.45, 2.75) is 19.0 Å². The molecule has 0 amide bonds. The number of rotatable bonds is 2. The smallest absolute Gasteiger partial charge is 0.416 e. The molecule has 1 saturated heterocycles. The monoisotopic (exact) mass is 319 g/mol. The third kappa shape index (κ3) is 6.13. The fourth-order valence-electron chi connectivity index (χ4n) is 2.05. The van der Waals surface area contributed by atoms with Gasteiger partial charge in [0.15, 0.2) is 0 Å². The highest BCUT2D eigenvalue weighted by Gasteiger charge is 2.30. The Morgan fingerprint density at radius 2 is 1.68 bits per heavy atom. The maximum absolute atomic E-state index is 12.3. The number of carboxylic acids is 2. The van der Waals surface area contributed by atoms with E-state index in [0.717, 1.165) is 43.6 Å². The highest BCUT2D eigenvalue weighted by molar-refractivity contribution is 6.27. The molecule has 1 aromatic carbocycles. The van der Waals surface area contributed by atoms with E-state index >= 15 is 0 Å². The molecule has 0 radical (unpaired) electrons. The Labute approximate surface area is 124 Å². The van der Waals surface area contributed by atoms with Crippen molar-refractivity contribution in [3.05, 3.63) is 35.4 Å². The quantitative estimate of drug-likeness (QED) is 0.726. The number of benzene rings is 1. The number of alkyl halides is 3. The molecule has 0 bridgehead atoms. The lowest BCUT2D eigenvalue weighted by atomic mass is 9.98. The van der Waals surface area contributed by atoms with Crippen molar-refractivity contribution in [2.75, 3.05) is 13.1 Å². The Morgan fingerprint density at radius 3 is 2.05 bits per heavy atom. The second-order valence-electron chi connectivity index (χ2n) is 4.87. The highest BCUT2D eigenvalue weighted by Crippen LogP contribution is 2.29. The zero-order valence-corrected chi connectivity index (χ0v) is 11.6. The number of carbonyl (C=O) groups is 2. The highest BCUT2D eigenvalue weighted by atomic mass is 19.4. The predicted octanol–water partition coefficient (Wildman–Crippen LogP) is 2.01. The van der Waals surface area contributed by atoms with Gasteiger partial charge in [-0.3, -0.25) is 0 Å². The third-order valence-corrected chi connectivity index (χ3v) is 3.15. The van der Waals surface area contributed by atoms with Crippen molar-refractivity contribution < 1.29 is 33.0 Å². The Bertz CT molecular complexity index is 496. The Morgan fingerprint density at radius 1 is 1.14 bits per heavy atom. The number of hydrogen-bond donors (Lipinski definition) is 3. The van der Waals surface area contributed by atoms with Crippen LogP contribution in [0.25, 0.3) is 0 Å². The van der Waals surface area contributed by atoms with Crippen molar-refractivity contribution in [1.29, 1.82) is 0 Å². The number of halogens is 3. The average molecular weight is 319 g/mol. The fourth-order valence-corrected chi connectivity index (χ4v) is 2.05. The minimum Gasteiger partial charge on any atom is -0.473 e. The van der Waals surface area contributed by atoms with Crippen LogP contribution in [0.3, 0.4) is 0 Å². The van der Waals surface area contributed by atoms with Crippen LogP contribution in [-0.2, 0) is 22.2 Å². The van der Waals surface area contributed by atoms with Crippen LogP contribution in [0.2, 0.25) is 0 Å². The van der Waals surface area contributed by atoms with Gasteiger partial charge in [0, 0.05) is 0 Å². The maximum atomic E-state index is 12.3. The van der Waals surface area contributed by atoms with Crippen LogP contribution in [0.15, 0.2) is 24.3 Å². The summed E-state index contributed by atoms with van der Waals surface area (Å²) in [5, 5.41) is 18.0. The molecule has 8 heteroatoms. The van der Waals surface area contributed by atoms with Gasteiger partial charge < -0.3 is 15.5 Å². The van der Waals surface area contributed by atoms with Gasteiger partial charge in [-0.25, -0.2) is 9.59 Å². The van der Waals surface area contributed by atoms with Crippen molar-refractivity contribution in [3.8, 4) is 0 Å². The second kappa shape index (κ2) is 7.79. The Hall–Kier alpha value is -2.09. The van der Waals surface area contributed by atoms with E-state index in [-0.39, 0.29) is 0 Å². The van der Waals surface area contributed by atoms with E-state index in [9.17, 15) is 13.2 Å². The molecular weight excluding hydrogens is 303 g/mol. The summed E-state index contributed by atoms with van der Waals surface area (Å²) in [5.74, 6) is -3.08. The first-order valence-electron chi connectivity index (χ1n) is 6.53. The van der Waals surface area contributed by atoms with E-state index in [4.69, 9.17) is 19.8 Å². The van der Waals surface area contributed by atoms with Gasteiger partial charge >= 0.3 is 18.1 Å². The van der Waals surface area contributed by atoms with Gasteiger partial charge in [-0.15, -0.1) is 0 Å². The summed E-state index contributed by atoms with van der Waals surface area (Å²) < 4.78 is 36.9. The Balaban J connectivity index is 0.000000346. The fraction of sp³-hybridized carbons (Fsp3) is 0.429. The van der Waals surface area contributed by atoms with Crippen LogP contribution in [0, 0.1) is 5.92 Å². The molecule has 5 nitrogen and oxygen atoms in total. The van der Waals surface area contributed by atoms with E-state index in [1.165, 1.54) is 0 Å². The maximum Gasteiger partial charge on any atom is 0.416 e. The number of hydrogen-bond acceptors (Lipinski definition) is 3. The summed E-state index contributed by atoms with van der Waals surface area (Å²) in [4.78, 5) is 18.2. The lowest BCUT2D eigenvalue weighted by Gasteiger charge is -2.10. The number of nitrogens with one attached hydrogen (secondary N) is 1. The van der Waals surface area contributed by atoms with Crippen LogP contribution in [0.4, 0.5) is 13.2 Å². The van der Waals surface area contributed by atoms with Crippen LogP contribution < -0.4 is 5.32 Å². The van der Waals surface area contributed by atoms with Gasteiger partial charge in [0.2, 0.25) is 0 Å². The summed E-state index contributed by atoms with van der Waals surface area (Å²) in [6.45, 7) is 1.99. The van der Waals surface area contributed by atoms with Gasteiger partial charge in [-0.2, -0.15) is 13.2 Å². The predicted molar refractivity (Wildman–Crippen MR) is 71.4 cm³/mol. The van der Waals surface area contributed by atoms with E-state index in [0.29, 0.717) is 5.92 Å². The van der Waals surface area contributed by atoms with Gasteiger partial charge in [0.05, 0.1) is 5.56 Å². The minimum absolute atomic E-state index is 0.566. The molecule has 1 heterocycles. The lowest BCUT2D eigenvalue weighted by Crippen LogP contribution is -2.11. The standard InChI is InChI=1S/C12H14F3N.C2H2O4/c13-12(14,15)11-3-1-9(2-4-11)7-10-5-6-16-8-10;3-1(4)2(5)6/h1-4,10,16H,5-8H2;(H,3,4)(H,5,6). The SMILES string of the molecule is FC(F)(F)c1ccc(CC2CCNC2)cc1.O=C(O)C(=O)O. The second-order valence-corrected chi connectivity index (χ2v) is 4.87. The Kier molecular flexibility index (Phi) is 6.36. The molecule has 2 rings (SSSR count). The minimum atomic E-state index is -4.23. The third-order valence-electron chi connectivity index (χ3n) is 3.15. The first-order chi connectivity index (χ1) is 10.2. The average Bonchev–Trinajstić information content (AvgIpc) is 2.92. The summed E-state index contributed by atoms with van der Waals surface area (Å²) in [6, 6.07) is 5.50. The molecule has 1 unspecified atom stereocenters. The molecule has 0 spiro atoms. The molecule has 22 heavy (non-hydrogen) atoms. The molecule has 1 atom stereocenters. The van der Waals surface area contributed by atoms with E-state index in [1.807, 2.05) is 0 Å². The summed E-state index contributed by atoms with van der Waals surface area (Å²) in [6.07, 6.45) is -2.25. The molecule has 0 aliphatic carbocycles. The molecule has 3 N–H and O–H groups in total. The lowest BCUT2D eigenvalue weighted by molar-refractivity contribution is -0.159. The molecule has 1 aliphatic rings. The molecule has 0 aromatic heterocycles. The molecule has 1 aromatic rings. The molecule has 0 saturated carbocycles. The van der Waals surface area contributed by atoms with Crippen molar-refractivity contribution in [3.63, 3.8) is 0 Å². The topological polar surface area (TPSA) is 86.6 Å². The van der Waals surface area contributed by atoms with E-state index in [1.54, 1.807) is 12.1 Å². The van der Waals surface area contributed by atoms with Gasteiger partial charge in [0.25, 0.3) is 0 Å². The molecule has 122 valence electrons. The van der Waals surface area contributed by atoms with Crippen molar-refractivity contribution >= 4 is 11.9 Å². The molecular formula is C14H16F3NO4. The number of carboxylic acid groups (broad SMARTS) is 2. The first-order valence-corrected chi connectivity index (χ1v) is 6.53. The largest absolute Gasteiger partial charge is 0.473 e. The van der Waals surface area contributed by atoms with Gasteiger partial charge in [0.1, 0.15) is 0 Å². The molecule has 1 fully saturated rings. The normalized spacial score (nSPS) is 17.5. The van der Waals surface area contributed by atoms with Crippen molar-refractivity contribution in [1.82, 2.24) is 5.32 Å². The van der Waals surface area contributed by atoms with Gasteiger partial charge in [-0.05, 0) is 49.5 Å². The van der Waals surface area contributed by atoms with Crippen molar-refractivity contribution in [2.24, 2.45) is 5.92 Å². The number of aliphatic carboxylic acids is 2. The first kappa shape index (κ1) is 18.0. The van der Waals surface area contributed by atoms with E-state index in [2.05, 4.69) is 5.32 Å². The summed E-state index contributed by atoms with van der Waals surface area (Å²) >= 11 is 0. The van der Waals surface area contributed by atoms with Crippen LogP contribution in [0.1, 0.15) is 17.5 Å². The summed E-state index contributed by atoms with van der Waals surface area (Å²) in [5.41, 5.74) is 0.419. The van der Waals surface area contributed by atoms with Gasteiger partial charge in [-0.1, -0.05) is 12.1 Å².